The molecule has 0 unspecified atom stereocenters. The number of amides is 2. The van der Waals surface area contributed by atoms with Gasteiger partial charge in [-0.3, -0.25) is 14.2 Å². The summed E-state index contributed by atoms with van der Waals surface area (Å²) in [4.78, 5) is 40.4. The van der Waals surface area contributed by atoms with Crippen molar-refractivity contribution >= 4 is 23.2 Å². The lowest BCUT2D eigenvalue weighted by atomic mass is 10.3. The third-order valence-electron chi connectivity index (χ3n) is 3.84. The van der Waals surface area contributed by atoms with Crippen molar-refractivity contribution in [1.29, 1.82) is 0 Å². The lowest BCUT2D eigenvalue weighted by Gasteiger charge is -2.34. The van der Waals surface area contributed by atoms with Crippen LogP contribution in [0.3, 0.4) is 0 Å². The minimum atomic E-state index is -0.315. The molecule has 1 saturated heterocycles. The molecule has 23 heavy (non-hydrogen) atoms. The van der Waals surface area contributed by atoms with Gasteiger partial charge in [0.1, 0.15) is 12.9 Å². The van der Waals surface area contributed by atoms with Crippen molar-refractivity contribution in [3.63, 3.8) is 0 Å². The van der Waals surface area contributed by atoms with Gasteiger partial charge in [-0.1, -0.05) is 6.07 Å². The third kappa shape index (κ3) is 3.19. The molecule has 3 heterocycles. The van der Waals surface area contributed by atoms with Crippen molar-refractivity contribution in [2.75, 3.05) is 26.2 Å². The SMILES string of the molecule is Cn1ncn(CC(=O)N2CCN(C(=O)c3cccs3)CC2)c1=O. The monoisotopic (exact) mass is 335 g/mol. The van der Waals surface area contributed by atoms with Crippen LogP contribution in [0.1, 0.15) is 9.67 Å². The first-order chi connectivity index (χ1) is 11.1. The normalized spacial score (nSPS) is 15.0. The Morgan fingerprint density at radius 1 is 1.22 bits per heavy atom. The molecule has 2 amide bonds. The fraction of sp³-hybridized carbons (Fsp3) is 0.429. The van der Waals surface area contributed by atoms with Crippen molar-refractivity contribution in [3.8, 4) is 0 Å². The van der Waals surface area contributed by atoms with Crippen LogP contribution in [-0.4, -0.2) is 62.1 Å². The molecule has 0 aliphatic carbocycles. The highest BCUT2D eigenvalue weighted by Gasteiger charge is 2.25. The average Bonchev–Trinajstić information content (AvgIpc) is 3.20. The second-order valence-corrected chi connectivity index (χ2v) is 6.26. The summed E-state index contributed by atoms with van der Waals surface area (Å²) < 4.78 is 2.47. The van der Waals surface area contributed by atoms with Gasteiger partial charge < -0.3 is 9.80 Å². The zero-order valence-corrected chi connectivity index (χ0v) is 13.5. The zero-order chi connectivity index (χ0) is 16.4. The van der Waals surface area contributed by atoms with Crippen LogP contribution in [0.15, 0.2) is 28.6 Å². The molecule has 1 aliphatic heterocycles. The Labute approximate surface area is 136 Å². The molecule has 0 bridgehead atoms. The summed E-state index contributed by atoms with van der Waals surface area (Å²) >= 11 is 1.42. The number of carbonyl (C=O) groups excluding carboxylic acids is 2. The minimum absolute atomic E-state index is 0.00979. The molecule has 0 radical (unpaired) electrons. The number of thiophene rings is 1. The van der Waals surface area contributed by atoms with Gasteiger partial charge in [0.15, 0.2) is 0 Å². The van der Waals surface area contributed by atoms with Gasteiger partial charge >= 0.3 is 5.69 Å². The van der Waals surface area contributed by atoms with E-state index in [1.54, 1.807) is 15.9 Å². The Balaban J connectivity index is 1.56. The highest BCUT2D eigenvalue weighted by atomic mass is 32.1. The van der Waals surface area contributed by atoms with E-state index in [9.17, 15) is 14.4 Å². The molecule has 9 heteroatoms. The smallest absolute Gasteiger partial charge is 0.338 e. The van der Waals surface area contributed by atoms with E-state index in [-0.39, 0.29) is 24.0 Å². The van der Waals surface area contributed by atoms with Gasteiger partial charge in [0.05, 0.1) is 4.88 Å². The van der Waals surface area contributed by atoms with E-state index in [1.807, 2.05) is 11.4 Å². The largest absolute Gasteiger partial charge is 0.345 e. The van der Waals surface area contributed by atoms with Crippen LogP contribution < -0.4 is 5.69 Å². The number of aryl methyl sites for hydroxylation is 1. The Kier molecular flexibility index (Phi) is 4.28. The van der Waals surface area contributed by atoms with E-state index in [1.165, 1.54) is 34.0 Å². The maximum atomic E-state index is 12.3. The summed E-state index contributed by atoms with van der Waals surface area (Å²) in [5.41, 5.74) is -0.315. The lowest BCUT2D eigenvalue weighted by Crippen LogP contribution is -2.51. The molecule has 0 saturated carbocycles. The number of piperazine rings is 1. The first-order valence-corrected chi connectivity index (χ1v) is 8.13. The molecule has 0 spiro atoms. The number of aromatic nitrogens is 3. The Morgan fingerprint density at radius 2 is 1.91 bits per heavy atom. The standard InChI is InChI=1S/C14H17N5O3S/c1-16-14(22)19(10-15-16)9-12(20)17-4-6-18(7-5-17)13(21)11-3-2-8-23-11/h2-3,8,10H,4-7,9H2,1H3. The van der Waals surface area contributed by atoms with E-state index in [0.717, 1.165) is 0 Å². The highest BCUT2D eigenvalue weighted by molar-refractivity contribution is 7.12. The molecule has 1 aliphatic rings. The number of hydrogen-bond acceptors (Lipinski definition) is 5. The molecule has 0 aromatic carbocycles. The number of rotatable bonds is 3. The fourth-order valence-corrected chi connectivity index (χ4v) is 3.18. The van der Waals surface area contributed by atoms with Crippen LogP contribution in [-0.2, 0) is 18.4 Å². The molecule has 0 atom stereocenters. The van der Waals surface area contributed by atoms with Crippen LogP contribution in [0.4, 0.5) is 0 Å². The zero-order valence-electron chi connectivity index (χ0n) is 12.7. The second kappa shape index (κ2) is 6.37. The first-order valence-electron chi connectivity index (χ1n) is 7.25. The summed E-state index contributed by atoms with van der Waals surface area (Å²) in [7, 11) is 1.54. The minimum Gasteiger partial charge on any atom is -0.338 e. The van der Waals surface area contributed by atoms with E-state index >= 15 is 0 Å². The topological polar surface area (TPSA) is 80.4 Å². The first kappa shape index (κ1) is 15.5. The maximum Gasteiger partial charge on any atom is 0.345 e. The van der Waals surface area contributed by atoms with Crippen molar-refractivity contribution < 1.29 is 9.59 Å². The van der Waals surface area contributed by atoms with E-state index < -0.39 is 0 Å². The molecular weight excluding hydrogens is 318 g/mol. The summed E-state index contributed by atoms with van der Waals surface area (Å²) in [6.07, 6.45) is 1.36. The molecule has 3 rings (SSSR count). The van der Waals surface area contributed by atoms with E-state index in [4.69, 9.17) is 0 Å². The molecular formula is C14H17N5O3S. The van der Waals surface area contributed by atoms with Gasteiger partial charge in [0, 0.05) is 33.2 Å². The van der Waals surface area contributed by atoms with Gasteiger partial charge in [-0.25, -0.2) is 9.48 Å². The molecule has 122 valence electrons. The second-order valence-electron chi connectivity index (χ2n) is 5.32. The molecule has 1 fully saturated rings. The van der Waals surface area contributed by atoms with Crippen LogP contribution in [0.5, 0.6) is 0 Å². The van der Waals surface area contributed by atoms with Crippen LogP contribution in [0.25, 0.3) is 0 Å². The molecule has 2 aromatic heterocycles. The third-order valence-corrected chi connectivity index (χ3v) is 4.70. The van der Waals surface area contributed by atoms with Crippen LogP contribution in [0.2, 0.25) is 0 Å². The van der Waals surface area contributed by atoms with Gasteiger partial charge in [0.25, 0.3) is 5.91 Å². The van der Waals surface area contributed by atoms with E-state index in [2.05, 4.69) is 5.10 Å². The maximum absolute atomic E-state index is 12.3. The van der Waals surface area contributed by atoms with Crippen LogP contribution >= 0.6 is 11.3 Å². The van der Waals surface area contributed by atoms with Gasteiger partial charge in [-0.2, -0.15) is 5.10 Å². The number of nitrogens with zero attached hydrogens (tertiary/aromatic N) is 5. The highest BCUT2D eigenvalue weighted by Crippen LogP contribution is 2.14. The Morgan fingerprint density at radius 3 is 2.48 bits per heavy atom. The van der Waals surface area contributed by atoms with Crippen molar-refractivity contribution in [1.82, 2.24) is 24.1 Å². The van der Waals surface area contributed by atoms with Crippen molar-refractivity contribution in [2.45, 2.75) is 6.54 Å². The quantitative estimate of drug-likeness (QED) is 0.766. The molecule has 2 aromatic rings. The molecule has 0 N–H and O–H groups in total. The predicted molar refractivity (Wildman–Crippen MR) is 84.3 cm³/mol. The summed E-state index contributed by atoms with van der Waals surface area (Å²) in [6, 6.07) is 3.66. The van der Waals surface area contributed by atoms with Gasteiger partial charge in [-0.05, 0) is 11.4 Å². The average molecular weight is 335 g/mol. The van der Waals surface area contributed by atoms with Crippen molar-refractivity contribution in [2.24, 2.45) is 7.05 Å². The summed E-state index contributed by atoms with van der Waals surface area (Å²) in [5, 5.41) is 5.70. The van der Waals surface area contributed by atoms with Crippen molar-refractivity contribution in [3.05, 3.63) is 39.2 Å². The summed E-state index contributed by atoms with van der Waals surface area (Å²) in [5.74, 6) is -0.126. The van der Waals surface area contributed by atoms with Gasteiger partial charge in [0.2, 0.25) is 5.91 Å². The Hall–Kier alpha value is -2.42. The number of hydrogen-bond donors (Lipinski definition) is 0. The van der Waals surface area contributed by atoms with Crippen LogP contribution in [0, 0.1) is 0 Å². The number of carbonyl (C=O) groups is 2. The van der Waals surface area contributed by atoms with Gasteiger partial charge in [-0.15, -0.1) is 11.3 Å². The van der Waals surface area contributed by atoms with E-state index in [0.29, 0.717) is 31.1 Å². The lowest BCUT2D eigenvalue weighted by molar-refractivity contribution is -0.133. The fourth-order valence-electron chi connectivity index (χ4n) is 2.49. The Bertz CT molecular complexity index is 756. The predicted octanol–water partition coefficient (Wildman–Crippen LogP) is -0.372. The summed E-state index contributed by atoms with van der Waals surface area (Å²) in [6.45, 7) is 1.94. The molecule has 8 nitrogen and oxygen atoms in total.